The predicted octanol–water partition coefficient (Wildman–Crippen LogP) is 2.92. The van der Waals surface area contributed by atoms with Gasteiger partial charge in [0.25, 0.3) is 5.56 Å². The Morgan fingerprint density at radius 2 is 2.11 bits per heavy atom. The molecule has 6 nitrogen and oxygen atoms in total. The molecule has 2 N–H and O–H groups in total. The van der Waals surface area contributed by atoms with E-state index < -0.39 is 0 Å². The molecule has 0 aliphatic carbocycles. The van der Waals surface area contributed by atoms with Gasteiger partial charge < -0.3 is 19.9 Å². The summed E-state index contributed by atoms with van der Waals surface area (Å²) in [6.07, 6.45) is 2.72. The normalized spacial score (nSPS) is 16.4. The lowest BCUT2D eigenvalue weighted by molar-refractivity contribution is 0.191. The lowest BCUT2D eigenvalue weighted by Gasteiger charge is -2.25. The van der Waals surface area contributed by atoms with Crippen molar-refractivity contribution in [3.8, 4) is 5.75 Å². The number of aromatic amines is 1. The molecule has 1 aliphatic heterocycles. The maximum Gasteiger partial charge on any atom is 0.317 e. The second kappa shape index (κ2) is 8.29. The minimum Gasteiger partial charge on any atom is -0.496 e. The molecule has 3 rings (SSSR count). The maximum absolute atomic E-state index is 12.7. The lowest BCUT2D eigenvalue weighted by atomic mass is 10.0. The van der Waals surface area contributed by atoms with Crippen LogP contribution in [0.2, 0.25) is 0 Å². The highest BCUT2D eigenvalue weighted by molar-refractivity contribution is 5.75. The van der Waals surface area contributed by atoms with Gasteiger partial charge in [0.05, 0.1) is 13.7 Å². The molecule has 1 atom stereocenters. The van der Waals surface area contributed by atoms with Gasteiger partial charge in [-0.1, -0.05) is 18.2 Å². The van der Waals surface area contributed by atoms with E-state index in [0.29, 0.717) is 5.56 Å². The van der Waals surface area contributed by atoms with Crippen molar-refractivity contribution in [2.24, 2.45) is 0 Å². The van der Waals surface area contributed by atoms with E-state index in [0.717, 1.165) is 48.4 Å². The Labute approximate surface area is 159 Å². The number of nitrogens with one attached hydrogen (secondary N) is 2. The number of carbonyl (C=O) groups excluding carboxylic acids is 1. The van der Waals surface area contributed by atoms with E-state index in [1.165, 1.54) is 0 Å². The fourth-order valence-electron chi connectivity index (χ4n) is 3.81. The molecule has 6 heteroatoms. The van der Waals surface area contributed by atoms with Crippen LogP contribution in [0.25, 0.3) is 0 Å². The first-order valence-electron chi connectivity index (χ1n) is 9.35. The number of hydrogen-bond acceptors (Lipinski definition) is 3. The summed E-state index contributed by atoms with van der Waals surface area (Å²) in [5.74, 6) is 0.853. The number of urea groups is 1. The van der Waals surface area contributed by atoms with Gasteiger partial charge in [0.2, 0.25) is 0 Å². The molecule has 27 heavy (non-hydrogen) atoms. The minimum absolute atomic E-state index is 0.119. The molecule has 0 bridgehead atoms. The molecule has 1 fully saturated rings. The van der Waals surface area contributed by atoms with Gasteiger partial charge in [0, 0.05) is 23.8 Å². The van der Waals surface area contributed by atoms with E-state index in [2.05, 4.69) is 10.3 Å². The fourth-order valence-corrected chi connectivity index (χ4v) is 3.81. The molecule has 1 aromatic carbocycles. The quantitative estimate of drug-likeness (QED) is 0.851. The Morgan fingerprint density at radius 3 is 2.85 bits per heavy atom. The van der Waals surface area contributed by atoms with Gasteiger partial charge in [-0.25, -0.2) is 4.79 Å². The zero-order valence-corrected chi connectivity index (χ0v) is 16.2. The second-order valence-electron chi connectivity index (χ2n) is 7.11. The molecule has 2 amide bonds. The minimum atomic E-state index is -0.139. The molecular weight excluding hydrogens is 342 g/mol. The van der Waals surface area contributed by atoms with Crippen LogP contribution < -0.4 is 15.6 Å². The summed E-state index contributed by atoms with van der Waals surface area (Å²) in [6.45, 7) is 4.71. The van der Waals surface area contributed by atoms with Crippen molar-refractivity contribution in [1.82, 2.24) is 15.2 Å². The number of nitrogens with zero attached hydrogens (tertiary/aromatic N) is 1. The maximum atomic E-state index is 12.7. The van der Waals surface area contributed by atoms with Gasteiger partial charge in [0.15, 0.2) is 0 Å². The van der Waals surface area contributed by atoms with Crippen LogP contribution in [-0.2, 0) is 13.0 Å². The zero-order valence-electron chi connectivity index (χ0n) is 16.2. The van der Waals surface area contributed by atoms with Crippen LogP contribution in [-0.4, -0.2) is 35.6 Å². The number of likely N-dealkylation sites (tertiary alicyclic amines) is 1. The van der Waals surface area contributed by atoms with Crippen molar-refractivity contribution in [2.75, 3.05) is 13.7 Å². The average Bonchev–Trinajstić information content (AvgIpc) is 3.09. The Balaban J connectivity index is 1.66. The fraction of sp³-hybridized carbons (Fsp3) is 0.429. The molecule has 0 unspecified atom stereocenters. The topological polar surface area (TPSA) is 74.4 Å². The number of H-pyrrole nitrogens is 1. The highest BCUT2D eigenvalue weighted by Gasteiger charge is 2.29. The van der Waals surface area contributed by atoms with Crippen LogP contribution >= 0.6 is 0 Å². The van der Waals surface area contributed by atoms with Gasteiger partial charge >= 0.3 is 6.03 Å². The Hall–Kier alpha value is -2.76. The monoisotopic (exact) mass is 369 g/mol. The van der Waals surface area contributed by atoms with Crippen LogP contribution in [0.15, 0.2) is 35.1 Å². The molecular formula is C21H27N3O3. The first-order valence-corrected chi connectivity index (χ1v) is 9.35. The largest absolute Gasteiger partial charge is 0.496 e. The zero-order chi connectivity index (χ0) is 19.4. The highest BCUT2D eigenvalue weighted by atomic mass is 16.5. The van der Waals surface area contributed by atoms with Gasteiger partial charge in [-0.05, 0) is 56.4 Å². The van der Waals surface area contributed by atoms with Gasteiger partial charge in [-0.15, -0.1) is 0 Å². The summed E-state index contributed by atoms with van der Waals surface area (Å²) >= 11 is 0. The van der Waals surface area contributed by atoms with E-state index in [-0.39, 0.29) is 24.2 Å². The summed E-state index contributed by atoms with van der Waals surface area (Å²) in [5.41, 5.74) is 3.29. The van der Waals surface area contributed by atoms with Gasteiger partial charge in [-0.2, -0.15) is 0 Å². The predicted molar refractivity (Wildman–Crippen MR) is 105 cm³/mol. The molecule has 2 heterocycles. The van der Waals surface area contributed by atoms with Crippen molar-refractivity contribution in [1.29, 1.82) is 0 Å². The number of benzene rings is 1. The van der Waals surface area contributed by atoms with Crippen molar-refractivity contribution in [3.63, 3.8) is 0 Å². The average molecular weight is 369 g/mol. The molecule has 0 saturated carbocycles. The first-order chi connectivity index (χ1) is 13.0. The second-order valence-corrected chi connectivity index (χ2v) is 7.11. The summed E-state index contributed by atoms with van der Waals surface area (Å²) < 4.78 is 5.44. The van der Waals surface area contributed by atoms with Gasteiger partial charge in [-0.3, -0.25) is 4.79 Å². The van der Waals surface area contributed by atoms with Crippen LogP contribution in [0.3, 0.4) is 0 Å². The van der Waals surface area contributed by atoms with Crippen molar-refractivity contribution in [3.05, 3.63) is 63.1 Å². The van der Waals surface area contributed by atoms with Crippen molar-refractivity contribution < 1.29 is 9.53 Å². The van der Waals surface area contributed by atoms with Crippen LogP contribution in [0.1, 0.15) is 35.2 Å². The highest BCUT2D eigenvalue weighted by Crippen LogP contribution is 2.26. The van der Waals surface area contributed by atoms with E-state index in [4.69, 9.17) is 4.74 Å². The number of aromatic nitrogens is 1. The number of pyridine rings is 1. The standard InChI is InChI=1S/C21H27N3O3/c1-14-11-15(2)23-20(25)18(14)13-22-21(26)24-10-6-8-17(24)12-16-7-4-5-9-19(16)27-3/h4-5,7,9,11,17H,6,8,10,12-13H2,1-3H3,(H,22,26)(H,23,25)/t17-/m1/s1. The molecule has 1 saturated heterocycles. The summed E-state index contributed by atoms with van der Waals surface area (Å²) in [5, 5.41) is 2.92. The van der Waals surface area contributed by atoms with Crippen molar-refractivity contribution >= 4 is 6.03 Å². The SMILES string of the molecule is COc1ccccc1C[C@H]1CCCN1C(=O)NCc1c(C)cc(C)[nH]c1=O. The summed E-state index contributed by atoms with van der Waals surface area (Å²) in [7, 11) is 1.67. The number of rotatable bonds is 5. The van der Waals surface area contributed by atoms with Crippen molar-refractivity contribution in [2.45, 2.75) is 45.7 Å². The van der Waals surface area contributed by atoms with E-state index in [9.17, 15) is 9.59 Å². The number of carbonyl (C=O) groups is 1. The molecule has 2 aromatic rings. The van der Waals surface area contributed by atoms with E-state index >= 15 is 0 Å². The number of hydrogen-bond donors (Lipinski definition) is 2. The third-order valence-corrected chi connectivity index (χ3v) is 5.20. The van der Waals surface area contributed by atoms with Gasteiger partial charge in [0.1, 0.15) is 5.75 Å². The smallest absolute Gasteiger partial charge is 0.317 e. The number of aryl methyl sites for hydroxylation is 2. The molecule has 144 valence electrons. The third kappa shape index (κ3) is 4.32. The van der Waals surface area contributed by atoms with Crippen LogP contribution in [0, 0.1) is 13.8 Å². The molecule has 1 aliphatic rings. The van der Waals surface area contributed by atoms with E-state index in [1.807, 2.05) is 49.1 Å². The molecule has 1 aromatic heterocycles. The number of para-hydroxylation sites is 1. The van der Waals surface area contributed by atoms with Crippen LogP contribution in [0.5, 0.6) is 5.75 Å². The summed E-state index contributed by atoms with van der Waals surface area (Å²) in [6, 6.07) is 9.87. The lowest BCUT2D eigenvalue weighted by Crippen LogP contribution is -2.44. The number of amides is 2. The summed E-state index contributed by atoms with van der Waals surface area (Å²) in [4.78, 5) is 29.5. The van der Waals surface area contributed by atoms with E-state index in [1.54, 1.807) is 7.11 Å². The Morgan fingerprint density at radius 1 is 1.33 bits per heavy atom. The Kier molecular flexibility index (Phi) is 5.84. The van der Waals surface area contributed by atoms with Crippen LogP contribution in [0.4, 0.5) is 4.79 Å². The Bertz CT molecular complexity index is 875. The third-order valence-electron chi connectivity index (χ3n) is 5.20. The first kappa shape index (κ1) is 19.0. The number of methoxy groups -OCH3 is 1. The molecule has 0 spiro atoms. The number of ether oxygens (including phenoxy) is 1. The molecule has 0 radical (unpaired) electrons.